The predicted molar refractivity (Wildman–Crippen MR) is 76.9 cm³/mol. The molecule has 0 aliphatic rings. The maximum atomic E-state index is 11.7. The SMILES string of the molecule is Cc1cc(/C=N\NC(=O)c2cccnc2)cc(C)c1O. The molecule has 0 fully saturated rings. The molecule has 2 aromatic rings. The van der Waals surface area contributed by atoms with Gasteiger partial charge in [0.1, 0.15) is 5.75 Å². The lowest BCUT2D eigenvalue weighted by Gasteiger charge is -2.04. The molecule has 5 nitrogen and oxygen atoms in total. The van der Waals surface area contributed by atoms with E-state index >= 15 is 0 Å². The summed E-state index contributed by atoms with van der Waals surface area (Å²) in [6.45, 7) is 3.63. The lowest BCUT2D eigenvalue weighted by molar-refractivity contribution is 0.0955. The highest BCUT2D eigenvalue weighted by Gasteiger charge is 2.04. The number of benzene rings is 1. The molecular weight excluding hydrogens is 254 g/mol. The van der Waals surface area contributed by atoms with Crippen molar-refractivity contribution >= 4 is 12.1 Å². The first-order chi connectivity index (χ1) is 9.58. The van der Waals surface area contributed by atoms with Gasteiger partial charge in [0.2, 0.25) is 0 Å². The molecule has 0 saturated heterocycles. The number of nitrogens with zero attached hydrogens (tertiary/aromatic N) is 2. The summed E-state index contributed by atoms with van der Waals surface area (Å²) < 4.78 is 0. The van der Waals surface area contributed by atoms with Crippen LogP contribution in [0.1, 0.15) is 27.0 Å². The normalized spacial score (nSPS) is 10.7. The van der Waals surface area contributed by atoms with Crippen molar-refractivity contribution in [1.82, 2.24) is 10.4 Å². The van der Waals surface area contributed by atoms with Crippen LogP contribution < -0.4 is 5.43 Å². The van der Waals surface area contributed by atoms with Gasteiger partial charge in [-0.25, -0.2) is 5.43 Å². The van der Waals surface area contributed by atoms with Crippen LogP contribution in [-0.4, -0.2) is 22.2 Å². The van der Waals surface area contributed by atoms with Gasteiger partial charge in [-0.3, -0.25) is 9.78 Å². The van der Waals surface area contributed by atoms with Crippen LogP contribution in [0.25, 0.3) is 0 Å². The number of aryl methyl sites for hydroxylation is 2. The second kappa shape index (κ2) is 5.97. The summed E-state index contributed by atoms with van der Waals surface area (Å²) >= 11 is 0. The van der Waals surface area contributed by atoms with Crippen LogP contribution in [0.15, 0.2) is 41.8 Å². The first kappa shape index (κ1) is 13.7. The molecule has 5 heteroatoms. The molecule has 0 aliphatic heterocycles. The zero-order valence-corrected chi connectivity index (χ0v) is 11.3. The number of aromatic hydroxyl groups is 1. The van der Waals surface area contributed by atoms with Crippen LogP contribution in [0.3, 0.4) is 0 Å². The molecule has 2 N–H and O–H groups in total. The molecule has 20 heavy (non-hydrogen) atoms. The third-order valence-electron chi connectivity index (χ3n) is 2.82. The fraction of sp³-hybridized carbons (Fsp3) is 0.133. The number of carbonyl (C=O) groups is 1. The fourth-order valence-electron chi connectivity index (χ4n) is 1.79. The Morgan fingerprint density at radius 2 is 2.05 bits per heavy atom. The lowest BCUT2D eigenvalue weighted by atomic mass is 10.1. The predicted octanol–water partition coefficient (Wildman–Crippen LogP) is 2.17. The van der Waals surface area contributed by atoms with Gasteiger partial charge in [0.15, 0.2) is 0 Å². The number of phenols is 1. The van der Waals surface area contributed by atoms with Crippen molar-refractivity contribution in [2.45, 2.75) is 13.8 Å². The number of hydrogen-bond donors (Lipinski definition) is 2. The molecule has 1 aromatic carbocycles. The van der Waals surface area contributed by atoms with E-state index < -0.39 is 0 Å². The van der Waals surface area contributed by atoms with Gasteiger partial charge in [0.05, 0.1) is 11.8 Å². The Balaban J connectivity index is 2.06. The van der Waals surface area contributed by atoms with E-state index in [1.807, 2.05) is 13.8 Å². The first-order valence-corrected chi connectivity index (χ1v) is 6.11. The first-order valence-electron chi connectivity index (χ1n) is 6.11. The third kappa shape index (κ3) is 3.20. The highest BCUT2D eigenvalue weighted by molar-refractivity contribution is 5.94. The van der Waals surface area contributed by atoms with Gasteiger partial charge in [-0.05, 0) is 54.8 Å². The second-order valence-electron chi connectivity index (χ2n) is 4.44. The number of pyridine rings is 1. The number of amides is 1. The Labute approximate surface area is 117 Å². The highest BCUT2D eigenvalue weighted by atomic mass is 16.3. The van der Waals surface area contributed by atoms with E-state index in [4.69, 9.17) is 0 Å². The minimum absolute atomic E-state index is 0.279. The number of nitrogens with one attached hydrogen (secondary N) is 1. The summed E-state index contributed by atoms with van der Waals surface area (Å²) in [5.41, 5.74) is 5.22. The van der Waals surface area contributed by atoms with Crippen LogP contribution in [-0.2, 0) is 0 Å². The van der Waals surface area contributed by atoms with E-state index in [9.17, 15) is 9.90 Å². The molecule has 0 bridgehead atoms. The van der Waals surface area contributed by atoms with Crippen LogP contribution in [0, 0.1) is 13.8 Å². The van der Waals surface area contributed by atoms with Crippen molar-refractivity contribution in [3.05, 3.63) is 58.9 Å². The van der Waals surface area contributed by atoms with E-state index in [0.29, 0.717) is 5.56 Å². The van der Waals surface area contributed by atoms with Gasteiger partial charge in [0, 0.05) is 12.4 Å². The largest absolute Gasteiger partial charge is 0.507 e. The molecule has 0 radical (unpaired) electrons. The van der Waals surface area contributed by atoms with E-state index in [1.165, 1.54) is 12.4 Å². The van der Waals surface area contributed by atoms with Crippen molar-refractivity contribution in [1.29, 1.82) is 0 Å². The number of carbonyl (C=O) groups excluding carboxylic acids is 1. The molecule has 0 saturated carbocycles. The second-order valence-corrected chi connectivity index (χ2v) is 4.44. The van der Waals surface area contributed by atoms with Crippen LogP contribution in [0.5, 0.6) is 5.75 Å². The Morgan fingerprint density at radius 3 is 2.65 bits per heavy atom. The minimum Gasteiger partial charge on any atom is -0.507 e. The lowest BCUT2D eigenvalue weighted by Crippen LogP contribution is -2.17. The van der Waals surface area contributed by atoms with Crippen LogP contribution in [0.2, 0.25) is 0 Å². The van der Waals surface area contributed by atoms with E-state index in [1.54, 1.807) is 30.5 Å². The Bertz CT molecular complexity index is 628. The van der Waals surface area contributed by atoms with Gasteiger partial charge in [-0.15, -0.1) is 0 Å². The Kier molecular flexibility index (Phi) is 4.10. The smallest absolute Gasteiger partial charge is 0.272 e. The zero-order chi connectivity index (χ0) is 14.5. The highest BCUT2D eigenvalue weighted by Crippen LogP contribution is 2.21. The van der Waals surface area contributed by atoms with Crippen molar-refractivity contribution in [3.63, 3.8) is 0 Å². The summed E-state index contributed by atoms with van der Waals surface area (Å²) in [7, 11) is 0. The summed E-state index contributed by atoms with van der Waals surface area (Å²) in [5.74, 6) is -0.0388. The van der Waals surface area contributed by atoms with Crippen LogP contribution >= 0.6 is 0 Å². The molecule has 0 unspecified atom stereocenters. The third-order valence-corrected chi connectivity index (χ3v) is 2.82. The maximum absolute atomic E-state index is 11.7. The summed E-state index contributed by atoms with van der Waals surface area (Å²) in [4.78, 5) is 15.6. The maximum Gasteiger partial charge on any atom is 0.272 e. The van der Waals surface area contributed by atoms with Gasteiger partial charge in [0.25, 0.3) is 5.91 Å². The standard InChI is InChI=1S/C15H15N3O2/c1-10-6-12(7-11(2)14(10)19)8-17-18-15(20)13-4-3-5-16-9-13/h3-9,19H,1-2H3,(H,18,20)/b17-8-. The van der Waals surface area contributed by atoms with Gasteiger partial charge in [-0.1, -0.05) is 0 Å². The zero-order valence-electron chi connectivity index (χ0n) is 11.3. The van der Waals surface area contributed by atoms with Crippen molar-refractivity contribution in [2.75, 3.05) is 0 Å². The Morgan fingerprint density at radius 1 is 1.35 bits per heavy atom. The number of hydrazone groups is 1. The molecule has 1 heterocycles. The van der Waals surface area contributed by atoms with Crippen molar-refractivity contribution < 1.29 is 9.90 Å². The summed E-state index contributed by atoms with van der Waals surface area (Å²) in [6, 6.07) is 6.93. The van der Waals surface area contributed by atoms with E-state index in [2.05, 4.69) is 15.5 Å². The quantitative estimate of drug-likeness (QED) is 0.662. The molecular formula is C15H15N3O2. The molecule has 102 valence electrons. The van der Waals surface area contributed by atoms with Crippen molar-refractivity contribution in [3.8, 4) is 5.75 Å². The summed E-state index contributed by atoms with van der Waals surface area (Å²) in [5, 5.41) is 13.6. The average molecular weight is 269 g/mol. The molecule has 2 rings (SSSR count). The summed E-state index contributed by atoms with van der Waals surface area (Å²) in [6.07, 6.45) is 4.61. The fourth-order valence-corrected chi connectivity index (χ4v) is 1.79. The van der Waals surface area contributed by atoms with E-state index in [0.717, 1.165) is 16.7 Å². The number of rotatable bonds is 3. The Hall–Kier alpha value is -2.69. The molecule has 0 atom stereocenters. The van der Waals surface area contributed by atoms with Gasteiger partial charge >= 0.3 is 0 Å². The van der Waals surface area contributed by atoms with E-state index in [-0.39, 0.29) is 11.7 Å². The molecule has 0 aliphatic carbocycles. The average Bonchev–Trinajstić information content (AvgIpc) is 2.45. The van der Waals surface area contributed by atoms with Gasteiger partial charge in [-0.2, -0.15) is 5.10 Å². The number of aromatic nitrogens is 1. The molecule has 1 aromatic heterocycles. The number of hydrogen-bond acceptors (Lipinski definition) is 4. The minimum atomic E-state index is -0.318. The van der Waals surface area contributed by atoms with Gasteiger partial charge < -0.3 is 5.11 Å². The molecule has 1 amide bonds. The number of phenolic OH excluding ortho intramolecular Hbond substituents is 1. The van der Waals surface area contributed by atoms with Crippen molar-refractivity contribution in [2.24, 2.45) is 5.10 Å². The molecule has 0 spiro atoms. The topological polar surface area (TPSA) is 74.6 Å². The van der Waals surface area contributed by atoms with Crippen LogP contribution in [0.4, 0.5) is 0 Å². The monoisotopic (exact) mass is 269 g/mol.